The highest BCUT2D eigenvalue weighted by Crippen LogP contribution is 2.51. The Balaban J connectivity index is 0.000000450. The van der Waals surface area contributed by atoms with Gasteiger partial charge in [-0.2, -0.15) is 0 Å². The standard InChI is InChI=1S/C24H32N2O.C9H13NO.C8H19N/c1-6-13-26-22(14-24(5)11-12-24)23(18(3)15-25)21(16-27)19(4)20-9-7-17(2)8-10-20;1-10-9-5-3-8(4-6-9)7-11-2;1-4-6-8-9(3)7-5-2/h7-10,13,16H,3,6,11-12,14-15,25H2,1-2,4-5H3;3-6,10H,7H2,1-2H3;4-8H2,1-3H3/b21-19+,23-22+,26-13?;;. The Labute approximate surface area is 287 Å². The van der Waals surface area contributed by atoms with Gasteiger partial charge in [-0.05, 0) is 112 Å². The van der Waals surface area contributed by atoms with E-state index in [-0.39, 0.29) is 5.41 Å². The quantitative estimate of drug-likeness (QED) is 0.0776. The van der Waals surface area contributed by atoms with Crippen molar-refractivity contribution in [2.75, 3.05) is 46.2 Å². The Morgan fingerprint density at radius 3 is 2.17 bits per heavy atom. The molecule has 1 aliphatic carbocycles. The number of carbonyl (C=O) groups excluding carboxylic acids is 1. The summed E-state index contributed by atoms with van der Waals surface area (Å²) >= 11 is 0. The average molecular weight is 645 g/mol. The van der Waals surface area contributed by atoms with Crippen molar-refractivity contribution in [3.8, 4) is 0 Å². The first-order valence-electron chi connectivity index (χ1n) is 17.3. The van der Waals surface area contributed by atoms with Gasteiger partial charge in [0.2, 0.25) is 0 Å². The predicted molar refractivity (Wildman–Crippen MR) is 205 cm³/mol. The van der Waals surface area contributed by atoms with Gasteiger partial charge in [0.1, 0.15) is 0 Å². The highest BCUT2D eigenvalue weighted by atomic mass is 16.5. The summed E-state index contributed by atoms with van der Waals surface area (Å²) < 4.78 is 4.98. The molecular formula is C41H64N4O2. The Kier molecular flexibility index (Phi) is 20.5. The van der Waals surface area contributed by atoms with Gasteiger partial charge >= 0.3 is 0 Å². The minimum atomic E-state index is 0.270. The largest absolute Gasteiger partial charge is 0.388 e. The van der Waals surface area contributed by atoms with Crippen molar-refractivity contribution >= 4 is 23.8 Å². The summed E-state index contributed by atoms with van der Waals surface area (Å²) in [6.07, 6.45) is 10.9. The van der Waals surface area contributed by atoms with Gasteiger partial charge < -0.3 is 20.7 Å². The third-order valence-corrected chi connectivity index (χ3v) is 8.34. The molecule has 0 unspecified atom stereocenters. The molecule has 3 N–H and O–H groups in total. The third kappa shape index (κ3) is 15.9. The lowest BCUT2D eigenvalue weighted by atomic mass is 9.88. The highest BCUT2D eigenvalue weighted by Gasteiger charge is 2.38. The minimum absolute atomic E-state index is 0.270. The SMILES string of the molecule is C=C(CN)C(/C(C=O)=C(\C)c1ccc(C)cc1)=C(/CC1(C)CC1)N=CCC.CCCCN(C)CCC.CNc1ccc(COC)cc1. The molecule has 0 aliphatic heterocycles. The summed E-state index contributed by atoms with van der Waals surface area (Å²) in [7, 11) is 5.80. The molecule has 6 heteroatoms. The number of aryl methyl sites for hydroxylation is 1. The molecule has 0 atom stereocenters. The molecule has 47 heavy (non-hydrogen) atoms. The number of anilines is 1. The number of allylic oxidation sites excluding steroid dienone is 3. The number of hydrogen-bond donors (Lipinski definition) is 2. The van der Waals surface area contributed by atoms with Crippen LogP contribution in [-0.2, 0) is 16.1 Å². The maximum atomic E-state index is 12.2. The number of carbonyl (C=O) groups is 1. The van der Waals surface area contributed by atoms with Crippen LogP contribution in [0.5, 0.6) is 0 Å². The van der Waals surface area contributed by atoms with Crippen LogP contribution < -0.4 is 11.1 Å². The average Bonchev–Trinajstić information content (AvgIpc) is 3.81. The molecule has 0 saturated heterocycles. The van der Waals surface area contributed by atoms with Gasteiger partial charge in [-0.25, -0.2) is 0 Å². The van der Waals surface area contributed by atoms with E-state index in [0.717, 1.165) is 52.8 Å². The fraction of sp³-hybridized carbons (Fsp3) is 0.512. The Morgan fingerprint density at radius 1 is 1.06 bits per heavy atom. The molecule has 0 bridgehead atoms. The van der Waals surface area contributed by atoms with Crippen molar-refractivity contribution in [3.05, 3.63) is 94.2 Å². The van der Waals surface area contributed by atoms with Crippen molar-refractivity contribution in [3.63, 3.8) is 0 Å². The van der Waals surface area contributed by atoms with Crippen LogP contribution in [0.15, 0.2) is 82.5 Å². The first kappa shape index (κ1) is 41.7. The van der Waals surface area contributed by atoms with Gasteiger partial charge in [-0.15, -0.1) is 0 Å². The number of ether oxygens (including phenoxy) is 1. The first-order valence-corrected chi connectivity index (χ1v) is 17.3. The number of benzene rings is 2. The monoisotopic (exact) mass is 645 g/mol. The first-order chi connectivity index (χ1) is 22.5. The molecule has 0 heterocycles. The normalized spacial score (nSPS) is 14.3. The van der Waals surface area contributed by atoms with Crippen molar-refractivity contribution in [2.24, 2.45) is 16.1 Å². The molecule has 0 aromatic heterocycles. The summed E-state index contributed by atoms with van der Waals surface area (Å²) in [6, 6.07) is 16.4. The van der Waals surface area contributed by atoms with E-state index in [4.69, 9.17) is 15.5 Å². The number of nitrogens with one attached hydrogen (secondary N) is 1. The van der Waals surface area contributed by atoms with E-state index in [0.29, 0.717) is 18.7 Å². The van der Waals surface area contributed by atoms with Gasteiger partial charge in [0.05, 0.1) is 6.61 Å². The van der Waals surface area contributed by atoms with E-state index in [1.807, 2.05) is 44.5 Å². The van der Waals surface area contributed by atoms with Crippen LogP contribution in [0.1, 0.15) is 96.3 Å². The van der Waals surface area contributed by atoms with E-state index >= 15 is 0 Å². The number of hydrogen-bond acceptors (Lipinski definition) is 6. The lowest BCUT2D eigenvalue weighted by Crippen LogP contribution is -2.19. The van der Waals surface area contributed by atoms with Crippen LogP contribution in [0.4, 0.5) is 5.69 Å². The lowest BCUT2D eigenvalue weighted by Gasteiger charge is -2.19. The maximum Gasteiger partial charge on any atom is 0.151 e. The minimum Gasteiger partial charge on any atom is -0.388 e. The fourth-order valence-electron chi connectivity index (χ4n) is 5.00. The van der Waals surface area contributed by atoms with E-state index in [1.165, 1.54) is 56.3 Å². The predicted octanol–water partition coefficient (Wildman–Crippen LogP) is 9.41. The third-order valence-electron chi connectivity index (χ3n) is 8.34. The molecule has 6 nitrogen and oxygen atoms in total. The molecule has 1 saturated carbocycles. The maximum absolute atomic E-state index is 12.2. The lowest BCUT2D eigenvalue weighted by molar-refractivity contribution is -0.104. The van der Waals surface area contributed by atoms with Crippen LogP contribution in [0, 0.1) is 12.3 Å². The number of aliphatic imine (C=N–C) groups is 1. The number of methoxy groups -OCH3 is 1. The smallest absolute Gasteiger partial charge is 0.151 e. The number of aldehydes is 1. The van der Waals surface area contributed by atoms with Crippen LogP contribution >= 0.6 is 0 Å². The Hall–Kier alpha value is -3.32. The second kappa shape index (κ2) is 23.1. The van der Waals surface area contributed by atoms with E-state index < -0.39 is 0 Å². The molecule has 1 fully saturated rings. The van der Waals surface area contributed by atoms with Gasteiger partial charge in [0.15, 0.2) is 6.29 Å². The molecule has 0 amide bonds. The number of nitrogens with zero attached hydrogens (tertiary/aromatic N) is 2. The Bertz CT molecular complexity index is 1290. The zero-order valence-corrected chi connectivity index (χ0v) is 31.0. The van der Waals surface area contributed by atoms with Gasteiger partial charge in [-0.3, -0.25) is 9.79 Å². The number of nitrogens with two attached hydrogens (primary N) is 1. The van der Waals surface area contributed by atoms with Gasteiger partial charge in [0, 0.05) is 49.4 Å². The fourth-order valence-corrected chi connectivity index (χ4v) is 5.00. The molecule has 0 spiro atoms. The van der Waals surface area contributed by atoms with E-state index in [2.05, 4.69) is 82.7 Å². The second-order valence-electron chi connectivity index (χ2n) is 12.9. The molecule has 0 radical (unpaired) electrons. The van der Waals surface area contributed by atoms with Crippen LogP contribution in [-0.4, -0.2) is 58.2 Å². The van der Waals surface area contributed by atoms with Crippen LogP contribution in [0.3, 0.4) is 0 Å². The summed E-state index contributed by atoms with van der Waals surface area (Å²) in [5, 5.41) is 3.06. The zero-order valence-electron chi connectivity index (χ0n) is 31.0. The van der Waals surface area contributed by atoms with Crippen molar-refractivity contribution in [2.45, 2.75) is 93.1 Å². The molecular weight excluding hydrogens is 580 g/mol. The summed E-state index contributed by atoms with van der Waals surface area (Å²) in [6.45, 7) is 20.5. The molecule has 2 aromatic rings. The van der Waals surface area contributed by atoms with Crippen molar-refractivity contribution in [1.29, 1.82) is 0 Å². The summed E-state index contributed by atoms with van der Waals surface area (Å²) in [4.78, 5) is 19.3. The van der Waals surface area contributed by atoms with Crippen molar-refractivity contribution in [1.82, 2.24) is 4.90 Å². The number of unbranched alkanes of at least 4 members (excludes halogenated alkanes) is 1. The van der Waals surface area contributed by atoms with Crippen LogP contribution in [0.25, 0.3) is 5.57 Å². The van der Waals surface area contributed by atoms with Gasteiger partial charge in [-0.1, -0.05) is 82.7 Å². The van der Waals surface area contributed by atoms with Gasteiger partial charge in [0.25, 0.3) is 0 Å². The van der Waals surface area contributed by atoms with Crippen LogP contribution in [0.2, 0.25) is 0 Å². The molecule has 2 aromatic carbocycles. The van der Waals surface area contributed by atoms with E-state index in [9.17, 15) is 4.79 Å². The second-order valence-corrected chi connectivity index (χ2v) is 12.9. The van der Waals surface area contributed by atoms with E-state index in [1.54, 1.807) is 7.11 Å². The molecule has 3 rings (SSSR count). The molecule has 260 valence electrons. The summed E-state index contributed by atoms with van der Waals surface area (Å²) in [5.41, 5.74) is 14.9. The highest BCUT2D eigenvalue weighted by molar-refractivity contribution is 5.95. The van der Waals surface area contributed by atoms with Crippen molar-refractivity contribution < 1.29 is 9.53 Å². The number of rotatable bonds is 17. The Morgan fingerprint density at radius 2 is 1.70 bits per heavy atom. The molecule has 1 aliphatic rings. The zero-order chi connectivity index (χ0) is 35.2. The summed E-state index contributed by atoms with van der Waals surface area (Å²) in [5.74, 6) is 0. The topological polar surface area (TPSA) is 80.0 Å².